The molecule has 30 heavy (non-hydrogen) atoms. The van der Waals surface area contributed by atoms with Crippen molar-refractivity contribution in [3.05, 3.63) is 77.6 Å². The molecular weight excluding hydrogens is 435 g/mol. The van der Waals surface area contributed by atoms with E-state index in [2.05, 4.69) is 15.3 Å². The molecule has 0 aliphatic rings. The summed E-state index contributed by atoms with van der Waals surface area (Å²) in [5.41, 5.74) is 0.525. The van der Waals surface area contributed by atoms with Crippen molar-refractivity contribution >= 4 is 34.6 Å². The van der Waals surface area contributed by atoms with Crippen molar-refractivity contribution in [3.63, 3.8) is 0 Å². The maximum Gasteiger partial charge on any atom is 0.416 e. The summed E-state index contributed by atoms with van der Waals surface area (Å²) in [4.78, 5) is 9.98. The maximum absolute atomic E-state index is 12.9. The van der Waals surface area contributed by atoms with E-state index >= 15 is 0 Å². The van der Waals surface area contributed by atoms with Gasteiger partial charge in [-0.05, 0) is 54.5 Å². The number of nitrogens with zero attached hydrogens (tertiary/aromatic N) is 4. The van der Waals surface area contributed by atoms with Gasteiger partial charge in [0.05, 0.1) is 22.6 Å². The highest BCUT2D eigenvalue weighted by Crippen LogP contribution is 2.33. The van der Waals surface area contributed by atoms with Crippen LogP contribution in [0.4, 0.5) is 18.9 Å². The highest BCUT2D eigenvalue weighted by molar-refractivity contribution is 7.80. The summed E-state index contributed by atoms with van der Waals surface area (Å²) in [6.45, 7) is 1.91. The first-order chi connectivity index (χ1) is 14.3. The maximum atomic E-state index is 12.9. The molecule has 158 valence electrons. The largest absolute Gasteiger partial charge is 0.416 e. The SMILES string of the molecule is FC(F)(F)c1ccc(NC(=S)N(CCCn2ccnc2)Cc2ccncc2)c(Cl)c1. The van der Waals surface area contributed by atoms with Crippen molar-refractivity contribution in [1.29, 1.82) is 0 Å². The molecule has 3 aromatic rings. The van der Waals surface area contributed by atoms with Gasteiger partial charge >= 0.3 is 6.18 Å². The number of hydrogen-bond acceptors (Lipinski definition) is 3. The van der Waals surface area contributed by atoms with Crippen LogP contribution in [0.3, 0.4) is 0 Å². The number of pyridine rings is 1. The Labute approximate surface area is 182 Å². The van der Waals surface area contributed by atoms with Gasteiger partial charge in [0.15, 0.2) is 5.11 Å². The molecule has 0 fully saturated rings. The van der Waals surface area contributed by atoms with E-state index in [1.165, 1.54) is 6.07 Å². The molecule has 0 spiro atoms. The smallest absolute Gasteiger partial charge is 0.345 e. The number of aromatic nitrogens is 3. The Balaban J connectivity index is 1.70. The van der Waals surface area contributed by atoms with E-state index in [9.17, 15) is 13.2 Å². The molecule has 3 rings (SSSR count). The number of thiocarbonyl (C=S) groups is 1. The van der Waals surface area contributed by atoms with E-state index in [-0.39, 0.29) is 5.02 Å². The van der Waals surface area contributed by atoms with Crippen molar-refractivity contribution in [2.24, 2.45) is 0 Å². The van der Waals surface area contributed by atoms with Crippen LogP contribution in [0.25, 0.3) is 0 Å². The predicted molar refractivity (Wildman–Crippen MR) is 114 cm³/mol. The Bertz CT molecular complexity index is 964. The number of alkyl halides is 3. The molecule has 0 unspecified atom stereocenters. The fourth-order valence-electron chi connectivity index (χ4n) is 2.81. The van der Waals surface area contributed by atoms with Gasteiger partial charge in [0.1, 0.15) is 0 Å². The molecule has 2 aromatic heterocycles. The van der Waals surface area contributed by atoms with E-state index < -0.39 is 11.7 Å². The van der Waals surface area contributed by atoms with Gasteiger partial charge in [0.2, 0.25) is 0 Å². The summed E-state index contributed by atoms with van der Waals surface area (Å²) in [5.74, 6) is 0. The van der Waals surface area contributed by atoms with Crippen LogP contribution >= 0.6 is 23.8 Å². The third-order valence-electron chi connectivity index (χ3n) is 4.35. The van der Waals surface area contributed by atoms with Crippen molar-refractivity contribution in [2.45, 2.75) is 25.7 Å². The molecule has 5 nitrogen and oxygen atoms in total. The number of halogens is 4. The number of imidazole rings is 1. The quantitative estimate of drug-likeness (QED) is 0.496. The molecule has 0 saturated carbocycles. The number of hydrogen-bond donors (Lipinski definition) is 1. The molecule has 0 aliphatic heterocycles. The molecule has 1 aromatic carbocycles. The molecule has 2 heterocycles. The zero-order chi connectivity index (χ0) is 21.6. The van der Waals surface area contributed by atoms with Gasteiger partial charge in [-0.25, -0.2) is 4.98 Å². The van der Waals surface area contributed by atoms with Crippen LogP contribution in [0.2, 0.25) is 5.02 Å². The normalized spacial score (nSPS) is 11.3. The number of benzene rings is 1. The Morgan fingerprint density at radius 1 is 1.13 bits per heavy atom. The molecule has 0 radical (unpaired) electrons. The Morgan fingerprint density at radius 2 is 1.90 bits per heavy atom. The van der Waals surface area contributed by atoms with Crippen LogP contribution in [0.1, 0.15) is 17.5 Å². The third kappa shape index (κ3) is 6.17. The Hall–Kier alpha value is -2.65. The van der Waals surface area contributed by atoms with Crippen molar-refractivity contribution < 1.29 is 13.2 Å². The average Bonchev–Trinajstić information content (AvgIpc) is 3.22. The number of aryl methyl sites for hydroxylation is 1. The van der Waals surface area contributed by atoms with Crippen LogP contribution in [0.15, 0.2) is 61.4 Å². The van der Waals surface area contributed by atoms with Crippen LogP contribution < -0.4 is 5.32 Å². The minimum atomic E-state index is -4.45. The molecule has 0 atom stereocenters. The monoisotopic (exact) mass is 453 g/mol. The summed E-state index contributed by atoms with van der Waals surface area (Å²) < 4.78 is 40.6. The summed E-state index contributed by atoms with van der Waals surface area (Å²) >= 11 is 11.6. The van der Waals surface area contributed by atoms with Crippen LogP contribution in [-0.2, 0) is 19.3 Å². The van der Waals surface area contributed by atoms with E-state index in [1.807, 2.05) is 27.8 Å². The van der Waals surface area contributed by atoms with Gasteiger partial charge in [0.25, 0.3) is 0 Å². The van der Waals surface area contributed by atoms with Crippen LogP contribution in [-0.4, -0.2) is 31.1 Å². The second-order valence-electron chi connectivity index (χ2n) is 6.55. The van der Waals surface area contributed by atoms with E-state index in [1.54, 1.807) is 24.9 Å². The number of anilines is 1. The van der Waals surface area contributed by atoms with Crippen molar-refractivity contribution in [3.8, 4) is 0 Å². The summed E-state index contributed by atoms with van der Waals surface area (Å²) in [6, 6.07) is 6.92. The fourth-order valence-corrected chi connectivity index (χ4v) is 3.30. The molecule has 10 heteroatoms. The molecule has 0 amide bonds. The fraction of sp³-hybridized carbons (Fsp3) is 0.250. The lowest BCUT2D eigenvalue weighted by Crippen LogP contribution is -2.35. The van der Waals surface area contributed by atoms with E-state index in [0.29, 0.717) is 23.9 Å². The van der Waals surface area contributed by atoms with E-state index in [0.717, 1.165) is 30.7 Å². The lowest BCUT2D eigenvalue weighted by atomic mass is 10.2. The molecule has 0 aliphatic carbocycles. The topological polar surface area (TPSA) is 46.0 Å². The molecule has 1 N–H and O–H groups in total. The number of rotatable bonds is 7. The van der Waals surface area contributed by atoms with Gasteiger partial charge in [0, 0.05) is 44.4 Å². The zero-order valence-corrected chi connectivity index (χ0v) is 17.4. The summed E-state index contributed by atoms with van der Waals surface area (Å²) in [7, 11) is 0. The zero-order valence-electron chi connectivity index (χ0n) is 15.8. The van der Waals surface area contributed by atoms with Gasteiger partial charge in [-0.3, -0.25) is 4.98 Å². The van der Waals surface area contributed by atoms with Crippen molar-refractivity contribution in [1.82, 2.24) is 19.4 Å². The first-order valence-electron chi connectivity index (χ1n) is 9.10. The standard InChI is InChI=1S/C20H19ClF3N5S/c21-17-12-16(20(22,23)24)2-3-18(17)27-19(30)29(13-15-4-6-25-7-5-15)10-1-9-28-11-8-26-14-28/h2-8,11-12,14H,1,9-10,13H2,(H,27,30). The minimum Gasteiger partial charge on any atom is -0.345 e. The van der Waals surface area contributed by atoms with Gasteiger partial charge in [-0.1, -0.05) is 11.6 Å². The van der Waals surface area contributed by atoms with Gasteiger partial charge in [-0.15, -0.1) is 0 Å². The highest BCUT2D eigenvalue weighted by Gasteiger charge is 2.31. The van der Waals surface area contributed by atoms with Gasteiger partial charge in [-0.2, -0.15) is 13.2 Å². The highest BCUT2D eigenvalue weighted by atomic mass is 35.5. The van der Waals surface area contributed by atoms with Crippen LogP contribution in [0, 0.1) is 0 Å². The van der Waals surface area contributed by atoms with Gasteiger partial charge < -0.3 is 14.8 Å². The number of nitrogens with one attached hydrogen (secondary N) is 1. The molecule has 0 bridgehead atoms. The average molecular weight is 454 g/mol. The summed E-state index contributed by atoms with van der Waals surface area (Å²) in [5, 5.41) is 3.30. The third-order valence-corrected chi connectivity index (χ3v) is 5.02. The molecular formula is C20H19ClF3N5S. The lowest BCUT2D eigenvalue weighted by Gasteiger charge is -2.26. The second kappa shape index (κ2) is 9.90. The second-order valence-corrected chi connectivity index (χ2v) is 7.35. The predicted octanol–water partition coefficient (Wildman–Crippen LogP) is 5.24. The molecule has 0 saturated heterocycles. The Kier molecular flexibility index (Phi) is 7.28. The lowest BCUT2D eigenvalue weighted by molar-refractivity contribution is -0.137. The first kappa shape index (κ1) is 22.0. The van der Waals surface area contributed by atoms with Crippen molar-refractivity contribution in [2.75, 3.05) is 11.9 Å². The van der Waals surface area contributed by atoms with E-state index in [4.69, 9.17) is 23.8 Å². The minimum absolute atomic E-state index is 0.0468. The Morgan fingerprint density at radius 3 is 2.53 bits per heavy atom. The summed E-state index contributed by atoms with van der Waals surface area (Å²) in [6.07, 6.45) is 5.07. The van der Waals surface area contributed by atoms with Crippen LogP contribution in [0.5, 0.6) is 0 Å². The first-order valence-corrected chi connectivity index (χ1v) is 9.89.